The number of amides is 1. The number of fused-ring (bicyclic) bond motifs is 1. The lowest BCUT2D eigenvalue weighted by atomic mass is 10.3. The average Bonchev–Trinajstić information content (AvgIpc) is 3.11. The van der Waals surface area contributed by atoms with E-state index in [1.807, 2.05) is 49.1 Å². The van der Waals surface area contributed by atoms with E-state index in [0.29, 0.717) is 31.2 Å². The molecule has 0 spiro atoms. The van der Waals surface area contributed by atoms with Crippen molar-refractivity contribution >= 4 is 39.2 Å². The highest BCUT2D eigenvalue weighted by molar-refractivity contribution is 7.20. The van der Waals surface area contributed by atoms with Gasteiger partial charge in [0.25, 0.3) is 5.91 Å². The van der Waals surface area contributed by atoms with Crippen molar-refractivity contribution < 1.29 is 4.79 Å². The Balaban J connectivity index is 1.45. The molecule has 1 N–H and O–H groups in total. The van der Waals surface area contributed by atoms with Gasteiger partial charge in [0.05, 0.1) is 10.2 Å². The molecule has 8 heteroatoms. The molecule has 27 heavy (non-hydrogen) atoms. The number of piperazine rings is 1. The van der Waals surface area contributed by atoms with E-state index in [2.05, 4.69) is 25.2 Å². The number of carbonyl (C=O) groups is 1. The molecule has 7 nitrogen and oxygen atoms in total. The minimum atomic E-state index is 0.00866. The van der Waals surface area contributed by atoms with Crippen LogP contribution in [-0.2, 0) is 0 Å². The number of hydrogen-bond acceptors (Lipinski definition) is 7. The van der Waals surface area contributed by atoms with Crippen molar-refractivity contribution in [2.75, 3.05) is 42.9 Å². The topological polar surface area (TPSA) is 74.2 Å². The lowest BCUT2D eigenvalue weighted by Crippen LogP contribution is -2.49. The number of anilines is 2. The number of rotatable bonds is 4. The third kappa shape index (κ3) is 3.71. The van der Waals surface area contributed by atoms with Gasteiger partial charge in [-0.2, -0.15) is 4.98 Å². The predicted molar refractivity (Wildman–Crippen MR) is 109 cm³/mol. The summed E-state index contributed by atoms with van der Waals surface area (Å²) in [7, 11) is 0. The molecule has 0 atom stereocenters. The predicted octanol–water partition coefficient (Wildman–Crippen LogP) is 2.79. The number of nitrogens with one attached hydrogen (secondary N) is 1. The van der Waals surface area contributed by atoms with E-state index < -0.39 is 0 Å². The summed E-state index contributed by atoms with van der Waals surface area (Å²) in [6.07, 6.45) is 0. The highest BCUT2D eigenvalue weighted by Crippen LogP contribution is 2.23. The maximum Gasteiger partial charge on any atom is 0.282 e. The Bertz CT molecular complexity index is 931. The smallest absolute Gasteiger partial charge is 0.282 e. The molecule has 0 bridgehead atoms. The second-order valence-electron chi connectivity index (χ2n) is 6.49. The number of hydrogen-bond donors (Lipinski definition) is 1. The van der Waals surface area contributed by atoms with Gasteiger partial charge in [-0.25, -0.2) is 9.97 Å². The molecule has 1 amide bonds. The maximum absolute atomic E-state index is 12.8. The van der Waals surface area contributed by atoms with Gasteiger partial charge in [0, 0.05) is 44.5 Å². The molecule has 1 aromatic carbocycles. The molecule has 3 heterocycles. The van der Waals surface area contributed by atoms with Crippen molar-refractivity contribution in [2.45, 2.75) is 13.8 Å². The van der Waals surface area contributed by atoms with E-state index in [9.17, 15) is 4.79 Å². The van der Waals surface area contributed by atoms with Crippen molar-refractivity contribution in [3.05, 3.63) is 41.0 Å². The number of aryl methyl sites for hydroxylation is 1. The number of aromatic nitrogens is 3. The maximum atomic E-state index is 12.8. The van der Waals surface area contributed by atoms with Gasteiger partial charge in [-0.1, -0.05) is 12.1 Å². The SMILES string of the molecule is CCNc1cc(C)nc(N2CCN(C(=O)c3nc4ccccc4s3)CC2)n1. The van der Waals surface area contributed by atoms with Crippen LogP contribution in [0.25, 0.3) is 10.2 Å². The number of carbonyl (C=O) groups excluding carboxylic acids is 1. The second kappa shape index (κ2) is 7.48. The monoisotopic (exact) mass is 382 g/mol. The molecule has 1 aliphatic rings. The average molecular weight is 382 g/mol. The van der Waals surface area contributed by atoms with E-state index in [1.54, 1.807) is 0 Å². The van der Waals surface area contributed by atoms with Crippen LogP contribution in [0.3, 0.4) is 0 Å². The zero-order valence-electron chi connectivity index (χ0n) is 15.5. The van der Waals surface area contributed by atoms with Crippen LogP contribution in [0.5, 0.6) is 0 Å². The largest absolute Gasteiger partial charge is 0.370 e. The summed E-state index contributed by atoms with van der Waals surface area (Å²) in [5.74, 6) is 1.57. The van der Waals surface area contributed by atoms with Gasteiger partial charge < -0.3 is 15.1 Å². The van der Waals surface area contributed by atoms with Crippen molar-refractivity contribution in [2.24, 2.45) is 0 Å². The summed E-state index contributed by atoms with van der Waals surface area (Å²) in [5.41, 5.74) is 1.82. The van der Waals surface area contributed by atoms with E-state index in [-0.39, 0.29) is 5.91 Å². The number of benzene rings is 1. The van der Waals surface area contributed by atoms with Crippen LogP contribution in [0.2, 0.25) is 0 Å². The van der Waals surface area contributed by atoms with Gasteiger partial charge in [0.2, 0.25) is 5.95 Å². The van der Waals surface area contributed by atoms with Gasteiger partial charge in [-0.15, -0.1) is 11.3 Å². The quantitative estimate of drug-likeness (QED) is 0.748. The number of thiazole rings is 1. The molecule has 140 valence electrons. The van der Waals surface area contributed by atoms with Crippen LogP contribution in [-0.4, -0.2) is 58.5 Å². The Hall–Kier alpha value is -2.74. The fourth-order valence-corrected chi connectivity index (χ4v) is 4.11. The van der Waals surface area contributed by atoms with E-state index in [4.69, 9.17) is 0 Å². The molecule has 0 saturated carbocycles. The van der Waals surface area contributed by atoms with Crippen LogP contribution >= 0.6 is 11.3 Å². The first kappa shape index (κ1) is 17.7. The summed E-state index contributed by atoms with van der Waals surface area (Å²) >= 11 is 1.46. The molecule has 0 aliphatic carbocycles. The van der Waals surface area contributed by atoms with Crippen molar-refractivity contribution in [3.63, 3.8) is 0 Å². The van der Waals surface area contributed by atoms with E-state index >= 15 is 0 Å². The lowest BCUT2D eigenvalue weighted by Gasteiger charge is -2.34. The molecule has 1 aliphatic heterocycles. The van der Waals surface area contributed by atoms with Crippen molar-refractivity contribution in [1.29, 1.82) is 0 Å². The Kier molecular flexibility index (Phi) is 4.89. The first-order valence-corrected chi connectivity index (χ1v) is 9.95. The molecule has 1 saturated heterocycles. The molecular formula is C19H22N6OS. The summed E-state index contributed by atoms with van der Waals surface area (Å²) in [5, 5.41) is 3.80. The normalized spacial score (nSPS) is 14.6. The Morgan fingerprint density at radius 1 is 1.15 bits per heavy atom. The molecule has 1 fully saturated rings. The highest BCUT2D eigenvalue weighted by Gasteiger charge is 2.25. The van der Waals surface area contributed by atoms with Crippen molar-refractivity contribution in [1.82, 2.24) is 19.9 Å². The zero-order valence-corrected chi connectivity index (χ0v) is 16.3. The Morgan fingerprint density at radius 2 is 1.93 bits per heavy atom. The molecule has 0 radical (unpaired) electrons. The molecule has 2 aromatic heterocycles. The molecule has 4 rings (SSSR count). The van der Waals surface area contributed by atoms with Crippen molar-refractivity contribution in [3.8, 4) is 0 Å². The van der Waals surface area contributed by atoms with E-state index in [0.717, 1.165) is 34.2 Å². The van der Waals surface area contributed by atoms with Gasteiger partial charge in [0.15, 0.2) is 5.01 Å². The third-order valence-electron chi connectivity index (χ3n) is 4.53. The van der Waals surface area contributed by atoms with Crippen LogP contribution in [0.15, 0.2) is 30.3 Å². The summed E-state index contributed by atoms with van der Waals surface area (Å²) in [6, 6.07) is 9.80. The van der Waals surface area contributed by atoms with Crippen LogP contribution in [0.4, 0.5) is 11.8 Å². The van der Waals surface area contributed by atoms with Crippen LogP contribution in [0.1, 0.15) is 22.4 Å². The first-order valence-electron chi connectivity index (χ1n) is 9.13. The van der Waals surface area contributed by atoms with Crippen LogP contribution < -0.4 is 10.2 Å². The van der Waals surface area contributed by atoms with Gasteiger partial charge in [-0.3, -0.25) is 4.79 Å². The van der Waals surface area contributed by atoms with Gasteiger partial charge >= 0.3 is 0 Å². The fourth-order valence-electron chi connectivity index (χ4n) is 3.17. The second-order valence-corrected chi connectivity index (χ2v) is 7.52. The van der Waals surface area contributed by atoms with Gasteiger partial charge in [0.1, 0.15) is 5.82 Å². The molecule has 0 unspecified atom stereocenters. The highest BCUT2D eigenvalue weighted by atomic mass is 32.1. The zero-order chi connectivity index (χ0) is 18.8. The summed E-state index contributed by atoms with van der Waals surface area (Å²) < 4.78 is 1.05. The third-order valence-corrected chi connectivity index (χ3v) is 5.55. The Labute approximate surface area is 162 Å². The number of para-hydroxylation sites is 1. The van der Waals surface area contributed by atoms with Gasteiger partial charge in [-0.05, 0) is 26.0 Å². The molecule has 3 aromatic rings. The minimum absolute atomic E-state index is 0.00866. The Morgan fingerprint density at radius 3 is 2.67 bits per heavy atom. The van der Waals surface area contributed by atoms with E-state index in [1.165, 1.54) is 11.3 Å². The first-order chi connectivity index (χ1) is 13.1. The lowest BCUT2D eigenvalue weighted by molar-refractivity contribution is 0.0746. The molecular weight excluding hydrogens is 360 g/mol. The number of nitrogens with zero attached hydrogens (tertiary/aromatic N) is 5. The summed E-state index contributed by atoms with van der Waals surface area (Å²) in [4.78, 5) is 30.5. The van der Waals surface area contributed by atoms with Crippen LogP contribution in [0, 0.1) is 6.92 Å². The summed E-state index contributed by atoms with van der Waals surface area (Å²) in [6.45, 7) is 7.55. The standard InChI is InChI=1S/C19H22N6OS/c1-3-20-16-12-13(2)21-19(23-16)25-10-8-24(9-11-25)18(26)17-22-14-6-4-5-7-15(14)27-17/h4-7,12H,3,8-11H2,1-2H3,(H,20,21,23). The minimum Gasteiger partial charge on any atom is -0.370 e. The fraction of sp³-hybridized carbons (Fsp3) is 0.368.